The van der Waals surface area contributed by atoms with Crippen molar-refractivity contribution in [3.63, 3.8) is 0 Å². The first-order chi connectivity index (χ1) is 11.5. The number of hydrazone groups is 1. The van der Waals surface area contributed by atoms with Gasteiger partial charge in [-0.25, -0.2) is 5.43 Å². The van der Waals surface area contributed by atoms with Gasteiger partial charge in [0.05, 0.1) is 16.9 Å². The van der Waals surface area contributed by atoms with E-state index in [1.165, 1.54) is 6.21 Å². The molecule has 2 rings (SSSR count). The van der Waals surface area contributed by atoms with Gasteiger partial charge in [0.2, 0.25) is 11.8 Å². The van der Waals surface area contributed by atoms with Crippen LogP contribution in [0.3, 0.4) is 0 Å². The van der Waals surface area contributed by atoms with Crippen molar-refractivity contribution >= 4 is 51.2 Å². The van der Waals surface area contributed by atoms with Crippen molar-refractivity contribution in [1.29, 1.82) is 0 Å². The van der Waals surface area contributed by atoms with Crippen LogP contribution in [0.5, 0.6) is 0 Å². The van der Waals surface area contributed by atoms with E-state index in [1.807, 2.05) is 24.3 Å². The molecule has 0 heterocycles. The lowest BCUT2D eigenvalue weighted by molar-refractivity contribution is -0.124. The molecule has 124 valence electrons. The summed E-state index contributed by atoms with van der Waals surface area (Å²) in [6.07, 6.45) is 1.62. The molecule has 0 spiro atoms. The summed E-state index contributed by atoms with van der Waals surface area (Å²) in [5.41, 5.74) is 3.77. The second-order valence-electron chi connectivity index (χ2n) is 4.87. The topological polar surface area (TPSA) is 70.6 Å². The van der Waals surface area contributed by atoms with Crippen LogP contribution in [0.2, 0.25) is 5.02 Å². The smallest absolute Gasteiger partial charge is 0.240 e. The second kappa shape index (κ2) is 9.20. The molecule has 2 aromatic rings. The van der Waals surface area contributed by atoms with Gasteiger partial charge >= 0.3 is 0 Å². The third kappa shape index (κ3) is 6.14. The van der Waals surface area contributed by atoms with E-state index in [0.29, 0.717) is 10.7 Å². The van der Waals surface area contributed by atoms with Crippen molar-refractivity contribution in [1.82, 2.24) is 5.43 Å². The highest BCUT2D eigenvalue weighted by Crippen LogP contribution is 2.20. The number of hydrogen-bond acceptors (Lipinski definition) is 3. The molecule has 0 fully saturated rings. The Kier molecular flexibility index (Phi) is 6.96. The number of halogens is 2. The minimum atomic E-state index is -0.335. The first-order valence-electron chi connectivity index (χ1n) is 7.16. The Bertz CT molecular complexity index is 748. The number of benzene rings is 2. The highest BCUT2D eigenvalue weighted by Gasteiger charge is 2.08. The van der Waals surface area contributed by atoms with Crippen molar-refractivity contribution in [2.75, 3.05) is 5.32 Å². The number of carbonyl (C=O) groups excluding carboxylic acids is 2. The van der Waals surface area contributed by atoms with E-state index >= 15 is 0 Å². The molecule has 0 unspecified atom stereocenters. The Balaban J connectivity index is 1.73. The standard InChI is InChI=1S/C17H15BrClN3O2/c18-13-7-5-12(6-8-13)11-20-22-17(24)10-9-16(23)21-15-4-2-1-3-14(15)19/h1-8,11H,9-10H2,(H,21,23)(H,22,24)/b20-11+. The van der Waals surface area contributed by atoms with Crippen molar-refractivity contribution < 1.29 is 9.59 Å². The number of carbonyl (C=O) groups is 2. The van der Waals surface area contributed by atoms with Crippen LogP contribution in [-0.2, 0) is 9.59 Å². The average Bonchev–Trinajstić information content (AvgIpc) is 2.57. The maximum Gasteiger partial charge on any atom is 0.240 e. The van der Waals surface area contributed by atoms with Gasteiger partial charge in [0.15, 0.2) is 0 Å². The SMILES string of the molecule is O=C(CCC(=O)Nc1ccccc1Cl)N/N=C/c1ccc(Br)cc1. The van der Waals surface area contributed by atoms with Gasteiger partial charge in [-0.15, -0.1) is 0 Å². The fourth-order valence-electron chi connectivity index (χ4n) is 1.79. The van der Waals surface area contributed by atoms with Crippen molar-refractivity contribution in [3.8, 4) is 0 Å². The lowest BCUT2D eigenvalue weighted by Crippen LogP contribution is -2.20. The van der Waals surface area contributed by atoms with Crippen LogP contribution < -0.4 is 10.7 Å². The number of rotatable bonds is 6. The quantitative estimate of drug-likeness (QED) is 0.561. The third-order valence-electron chi connectivity index (χ3n) is 3.00. The summed E-state index contributed by atoms with van der Waals surface area (Å²) >= 11 is 9.29. The summed E-state index contributed by atoms with van der Waals surface area (Å²) in [6.45, 7) is 0. The Morgan fingerprint density at radius 2 is 1.71 bits per heavy atom. The number of amides is 2. The first kappa shape index (κ1) is 18.2. The van der Waals surface area contributed by atoms with E-state index in [1.54, 1.807) is 24.3 Å². The van der Waals surface area contributed by atoms with Crippen LogP contribution in [0.15, 0.2) is 58.1 Å². The monoisotopic (exact) mass is 407 g/mol. The fraction of sp³-hybridized carbons (Fsp3) is 0.118. The molecule has 0 saturated heterocycles. The van der Waals surface area contributed by atoms with Gasteiger partial charge in [-0.05, 0) is 29.8 Å². The van der Waals surface area contributed by atoms with E-state index < -0.39 is 0 Å². The largest absolute Gasteiger partial charge is 0.325 e. The molecular formula is C17H15BrClN3O2. The Morgan fingerprint density at radius 3 is 2.42 bits per heavy atom. The zero-order chi connectivity index (χ0) is 17.4. The summed E-state index contributed by atoms with van der Waals surface area (Å²) in [6, 6.07) is 14.4. The van der Waals surface area contributed by atoms with Crippen molar-refractivity contribution in [2.24, 2.45) is 5.10 Å². The predicted octanol–water partition coefficient (Wildman–Crippen LogP) is 3.97. The minimum absolute atomic E-state index is 0.0357. The molecule has 0 aliphatic heterocycles. The number of anilines is 1. The van der Waals surface area contributed by atoms with Gasteiger partial charge in [0.25, 0.3) is 0 Å². The van der Waals surface area contributed by atoms with E-state index in [-0.39, 0.29) is 24.7 Å². The predicted molar refractivity (Wildman–Crippen MR) is 99.2 cm³/mol. The van der Waals surface area contributed by atoms with E-state index in [4.69, 9.17) is 11.6 Å². The summed E-state index contributed by atoms with van der Waals surface area (Å²) in [4.78, 5) is 23.5. The van der Waals surface area contributed by atoms with Crippen LogP contribution in [0.4, 0.5) is 5.69 Å². The van der Waals surface area contributed by atoms with Crippen LogP contribution in [0.25, 0.3) is 0 Å². The number of nitrogens with zero attached hydrogens (tertiary/aromatic N) is 1. The van der Waals surface area contributed by atoms with Crippen LogP contribution >= 0.6 is 27.5 Å². The van der Waals surface area contributed by atoms with Crippen LogP contribution in [0, 0.1) is 0 Å². The van der Waals surface area contributed by atoms with Gasteiger partial charge in [0.1, 0.15) is 0 Å². The van der Waals surface area contributed by atoms with E-state index in [2.05, 4.69) is 31.8 Å². The van der Waals surface area contributed by atoms with Crippen LogP contribution in [-0.4, -0.2) is 18.0 Å². The van der Waals surface area contributed by atoms with E-state index in [9.17, 15) is 9.59 Å². The average molecular weight is 409 g/mol. The Labute approximate surface area is 153 Å². The Morgan fingerprint density at radius 1 is 1.04 bits per heavy atom. The van der Waals surface area contributed by atoms with Gasteiger partial charge in [-0.2, -0.15) is 5.10 Å². The number of para-hydroxylation sites is 1. The normalized spacial score (nSPS) is 10.6. The minimum Gasteiger partial charge on any atom is -0.325 e. The molecule has 0 radical (unpaired) electrons. The second-order valence-corrected chi connectivity index (χ2v) is 6.20. The molecule has 0 aliphatic carbocycles. The summed E-state index contributed by atoms with van der Waals surface area (Å²) < 4.78 is 0.966. The Hall–Kier alpha value is -2.18. The first-order valence-corrected chi connectivity index (χ1v) is 8.33. The van der Waals surface area contributed by atoms with Gasteiger partial charge in [0, 0.05) is 17.3 Å². The molecule has 2 amide bonds. The fourth-order valence-corrected chi connectivity index (χ4v) is 2.23. The van der Waals surface area contributed by atoms with Crippen molar-refractivity contribution in [3.05, 3.63) is 63.6 Å². The zero-order valence-corrected chi connectivity index (χ0v) is 15.0. The molecule has 2 N–H and O–H groups in total. The molecule has 2 aromatic carbocycles. The van der Waals surface area contributed by atoms with E-state index in [0.717, 1.165) is 10.0 Å². The molecule has 24 heavy (non-hydrogen) atoms. The number of hydrogen-bond donors (Lipinski definition) is 2. The molecule has 5 nitrogen and oxygen atoms in total. The highest BCUT2D eigenvalue weighted by molar-refractivity contribution is 9.10. The number of nitrogens with one attached hydrogen (secondary N) is 2. The van der Waals surface area contributed by atoms with Gasteiger partial charge in [-0.1, -0.05) is 51.8 Å². The molecule has 0 saturated carbocycles. The molecule has 0 aliphatic rings. The molecule has 7 heteroatoms. The van der Waals surface area contributed by atoms with Gasteiger partial charge in [-0.3, -0.25) is 9.59 Å². The summed E-state index contributed by atoms with van der Waals surface area (Å²) in [7, 11) is 0. The summed E-state index contributed by atoms with van der Waals surface area (Å²) in [5.74, 6) is -0.618. The van der Waals surface area contributed by atoms with Crippen LogP contribution in [0.1, 0.15) is 18.4 Å². The maximum absolute atomic E-state index is 11.8. The molecule has 0 atom stereocenters. The molecule has 0 bridgehead atoms. The third-order valence-corrected chi connectivity index (χ3v) is 3.86. The maximum atomic E-state index is 11.8. The molecular weight excluding hydrogens is 394 g/mol. The molecule has 0 aromatic heterocycles. The zero-order valence-electron chi connectivity index (χ0n) is 12.6. The lowest BCUT2D eigenvalue weighted by Gasteiger charge is -2.06. The van der Waals surface area contributed by atoms with Gasteiger partial charge < -0.3 is 5.32 Å². The highest BCUT2D eigenvalue weighted by atomic mass is 79.9. The lowest BCUT2D eigenvalue weighted by atomic mass is 10.2. The summed E-state index contributed by atoms with van der Waals surface area (Å²) in [5, 5.41) is 6.97. The van der Waals surface area contributed by atoms with Crippen molar-refractivity contribution in [2.45, 2.75) is 12.8 Å².